The molecule has 0 aliphatic carbocycles. The van der Waals surface area contributed by atoms with Crippen LogP contribution in [0.1, 0.15) is 19.3 Å². The first kappa shape index (κ1) is 11.9. The van der Waals surface area contributed by atoms with Crippen molar-refractivity contribution in [2.75, 3.05) is 16.8 Å². The van der Waals surface area contributed by atoms with Gasteiger partial charge in [0.05, 0.1) is 5.52 Å². The maximum atomic E-state index is 4.52. The zero-order chi connectivity index (χ0) is 12.4. The summed E-state index contributed by atoms with van der Waals surface area (Å²) < 4.78 is 0. The second-order valence-electron chi connectivity index (χ2n) is 4.71. The minimum atomic E-state index is 0.553. The summed E-state index contributed by atoms with van der Waals surface area (Å²) in [7, 11) is 0. The number of nitrogens with zero attached hydrogens (tertiary/aromatic N) is 3. The minimum Gasteiger partial charge on any atom is -0.352 e. The Kier molecular flexibility index (Phi) is 3.46. The van der Waals surface area contributed by atoms with Crippen LogP contribution in [0.2, 0.25) is 0 Å². The fourth-order valence-corrected chi connectivity index (χ4v) is 3.33. The van der Waals surface area contributed by atoms with E-state index in [4.69, 9.17) is 0 Å². The zero-order valence-electron chi connectivity index (χ0n) is 10.2. The number of hydrogen-bond donors (Lipinski definition) is 0. The number of para-hydroxylation sites is 1. The van der Waals surface area contributed by atoms with Gasteiger partial charge in [-0.1, -0.05) is 28.1 Å². The molecule has 0 radical (unpaired) electrons. The summed E-state index contributed by atoms with van der Waals surface area (Å²) in [5.41, 5.74) is 1.03. The molecule has 1 saturated heterocycles. The Balaban J connectivity index is 2.07. The predicted molar refractivity (Wildman–Crippen MR) is 78.3 cm³/mol. The second kappa shape index (κ2) is 5.22. The van der Waals surface area contributed by atoms with E-state index in [2.05, 4.69) is 42.9 Å². The molecule has 2 heterocycles. The van der Waals surface area contributed by atoms with Gasteiger partial charge in [-0.15, -0.1) is 0 Å². The summed E-state index contributed by atoms with van der Waals surface area (Å²) in [4.78, 5) is 11.3. The molecule has 1 aliphatic rings. The highest BCUT2D eigenvalue weighted by molar-refractivity contribution is 9.09. The minimum absolute atomic E-state index is 0.553. The van der Waals surface area contributed by atoms with Crippen LogP contribution in [0.15, 0.2) is 30.6 Å². The van der Waals surface area contributed by atoms with Crippen LogP contribution in [0.25, 0.3) is 10.9 Å². The second-order valence-corrected chi connectivity index (χ2v) is 5.36. The third-order valence-electron chi connectivity index (χ3n) is 3.60. The Morgan fingerprint density at radius 2 is 2.11 bits per heavy atom. The van der Waals surface area contributed by atoms with Crippen LogP contribution in [0, 0.1) is 0 Å². The van der Waals surface area contributed by atoms with Gasteiger partial charge < -0.3 is 4.90 Å². The fourth-order valence-electron chi connectivity index (χ4n) is 2.66. The van der Waals surface area contributed by atoms with Crippen LogP contribution < -0.4 is 4.90 Å². The molecule has 1 atom stereocenters. The molecule has 0 N–H and O–H groups in total. The summed E-state index contributed by atoms with van der Waals surface area (Å²) in [6.07, 6.45) is 5.48. The van der Waals surface area contributed by atoms with Gasteiger partial charge in [-0.25, -0.2) is 9.97 Å². The Bertz CT molecular complexity index is 538. The molecule has 0 saturated carbocycles. The zero-order valence-corrected chi connectivity index (χ0v) is 11.8. The number of fused-ring (bicyclic) bond motifs is 1. The third-order valence-corrected chi connectivity index (χ3v) is 4.35. The van der Waals surface area contributed by atoms with E-state index in [-0.39, 0.29) is 0 Å². The monoisotopic (exact) mass is 305 g/mol. The lowest BCUT2D eigenvalue weighted by atomic mass is 10.0. The maximum absolute atomic E-state index is 4.52. The SMILES string of the molecule is BrCC1CCCCN1c1ncnc2ccccc12. The van der Waals surface area contributed by atoms with Crippen LogP contribution in [-0.4, -0.2) is 27.9 Å². The number of benzene rings is 1. The van der Waals surface area contributed by atoms with Crippen LogP contribution in [0.3, 0.4) is 0 Å². The molecule has 1 unspecified atom stereocenters. The summed E-state index contributed by atoms with van der Waals surface area (Å²) in [5.74, 6) is 1.09. The molecule has 3 rings (SSSR count). The van der Waals surface area contributed by atoms with Crippen LogP contribution in [-0.2, 0) is 0 Å². The Hall–Kier alpha value is -1.16. The van der Waals surface area contributed by atoms with Crippen molar-refractivity contribution in [3.63, 3.8) is 0 Å². The molecule has 1 aliphatic heterocycles. The molecule has 1 fully saturated rings. The van der Waals surface area contributed by atoms with Crippen molar-refractivity contribution < 1.29 is 0 Å². The molecule has 4 heteroatoms. The first-order valence-corrected chi connectivity index (χ1v) is 7.54. The first-order valence-electron chi connectivity index (χ1n) is 6.42. The molecular weight excluding hydrogens is 290 g/mol. The van der Waals surface area contributed by atoms with Gasteiger partial charge in [-0.05, 0) is 31.4 Å². The lowest BCUT2D eigenvalue weighted by Crippen LogP contribution is -2.41. The van der Waals surface area contributed by atoms with Crippen LogP contribution in [0.5, 0.6) is 0 Å². The van der Waals surface area contributed by atoms with E-state index in [0.29, 0.717) is 6.04 Å². The van der Waals surface area contributed by atoms with E-state index in [1.165, 1.54) is 19.3 Å². The molecule has 1 aromatic carbocycles. The lowest BCUT2D eigenvalue weighted by Gasteiger charge is -2.36. The Morgan fingerprint density at radius 1 is 1.22 bits per heavy atom. The number of piperidine rings is 1. The van der Waals surface area contributed by atoms with Gasteiger partial charge in [-0.2, -0.15) is 0 Å². The van der Waals surface area contributed by atoms with E-state index < -0.39 is 0 Å². The average Bonchev–Trinajstić information content (AvgIpc) is 2.46. The molecule has 2 aromatic rings. The number of anilines is 1. The average molecular weight is 306 g/mol. The molecular formula is C14H16BrN3. The smallest absolute Gasteiger partial charge is 0.140 e. The van der Waals surface area contributed by atoms with E-state index >= 15 is 0 Å². The van der Waals surface area contributed by atoms with Gasteiger partial charge >= 0.3 is 0 Å². The van der Waals surface area contributed by atoms with Crippen molar-refractivity contribution in [2.45, 2.75) is 25.3 Å². The van der Waals surface area contributed by atoms with Gasteiger partial charge in [0.25, 0.3) is 0 Å². The summed E-state index contributed by atoms with van der Waals surface area (Å²) in [6.45, 7) is 1.09. The molecule has 3 nitrogen and oxygen atoms in total. The number of rotatable bonds is 2. The molecule has 94 valence electrons. The number of aromatic nitrogens is 2. The summed E-state index contributed by atoms with van der Waals surface area (Å²) in [5, 5.41) is 2.17. The Labute approximate surface area is 115 Å². The topological polar surface area (TPSA) is 29.0 Å². The van der Waals surface area contributed by atoms with Crippen molar-refractivity contribution in [3.8, 4) is 0 Å². The molecule has 0 spiro atoms. The van der Waals surface area contributed by atoms with Gasteiger partial charge in [0.1, 0.15) is 12.1 Å². The van der Waals surface area contributed by atoms with Gasteiger partial charge in [-0.3, -0.25) is 0 Å². The van der Waals surface area contributed by atoms with Crippen molar-refractivity contribution in [3.05, 3.63) is 30.6 Å². The van der Waals surface area contributed by atoms with Gasteiger partial charge in [0, 0.05) is 23.3 Å². The molecule has 1 aromatic heterocycles. The fraction of sp³-hybridized carbons (Fsp3) is 0.429. The van der Waals surface area contributed by atoms with Crippen molar-refractivity contribution in [1.29, 1.82) is 0 Å². The standard InChI is InChI=1S/C14H16BrN3/c15-9-11-5-3-4-8-18(11)14-12-6-1-2-7-13(12)16-10-17-14/h1-2,6-7,10-11H,3-5,8-9H2. The highest BCUT2D eigenvalue weighted by Crippen LogP contribution is 2.29. The molecule has 0 bridgehead atoms. The Morgan fingerprint density at radius 3 is 3.00 bits per heavy atom. The van der Waals surface area contributed by atoms with Crippen molar-refractivity contribution >= 4 is 32.7 Å². The molecule has 0 amide bonds. The van der Waals surface area contributed by atoms with Crippen molar-refractivity contribution in [1.82, 2.24) is 9.97 Å². The van der Waals surface area contributed by atoms with E-state index in [9.17, 15) is 0 Å². The first-order chi connectivity index (χ1) is 8.90. The van der Waals surface area contributed by atoms with E-state index in [1.54, 1.807) is 6.33 Å². The normalized spacial score (nSPS) is 20.3. The van der Waals surface area contributed by atoms with Crippen molar-refractivity contribution in [2.24, 2.45) is 0 Å². The van der Waals surface area contributed by atoms with E-state index in [1.807, 2.05) is 12.1 Å². The van der Waals surface area contributed by atoms with E-state index in [0.717, 1.165) is 28.6 Å². The van der Waals surface area contributed by atoms with Crippen LogP contribution in [0.4, 0.5) is 5.82 Å². The molecule has 18 heavy (non-hydrogen) atoms. The number of hydrogen-bond acceptors (Lipinski definition) is 3. The number of halogens is 1. The summed E-state index contributed by atoms with van der Waals surface area (Å²) in [6, 6.07) is 8.80. The van der Waals surface area contributed by atoms with Gasteiger partial charge in [0.2, 0.25) is 0 Å². The largest absolute Gasteiger partial charge is 0.352 e. The highest BCUT2D eigenvalue weighted by Gasteiger charge is 2.23. The lowest BCUT2D eigenvalue weighted by molar-refractivity contribution is 0.488. The summed E-state index contributed by atoms with van der Waals surface area (Å²) >= 11 is 3.63. The van der Waals surface area contributed by atoms with Crippen LogP contribution >= 0.6 is 15.9 Å². The predicted octanol–water partition coefficient (Wildman–Crippen LogP) is 3.38. The number of alkyl halides is 1. The van der Waals surface area contributed by atoms with Gasteiger partial charge in [0.15, 0.2) is 0 Å². The maximum Gasteiger partial charge on any atom is 0.140 e. The quantitative estimate of drug-likeness (QED) is 0.797. The third kappa shape index (κ3) is 2.09. The highest BCUT2D eigenvalue weighted by atomic mass is 79.9.